The number of nitrogens with zero attached hydrogens (tertiary/aromatic N) is 2. The lowest BCUT2D eigenvalue weighted by atomic mass is 9.99. The average molecular weight is 434 g/mol. The quantitative estimate of drug-likeness (QED) is 0.303. The number of amides is 1. The summed E-state index contributed by atoms with van der Waals surface area (Å²) in [5.41, 5.74) is 6.81. The molecule has 1 amide bonds. The number of hydrogen-bond donors (Lipinski definition) is 3. The van der Waals surface area contributed by atoms with Crippen LogP contribution in [-0.4, -0.2) is 32.8 Å². The number of benzene rings is 2. The van der Waals surface area contributed by atoms with Crippen LogP contribution in [0.5, 0.6) is 0 Å². The smallest absolute Gasteiger partial charge is 0.276 e. The fraction of sp³-hybridized carbons (Fsp3) is 0.125. The SMILES string of the molecule is O=C(NO)c1c(Cl)c(-c2ccc(-c3ccc(CCCO)cc3)cc2)nc2ccncc12. The van der Waals surface area contributed by atoms with Gasteiger partial charge in [0.2, 0.25) is 0 Å². The van der Waals surface area contributed by atoms with Crippen molar-refractivity contribution in [2.24, 2.45) is 0 Å². The first-order valence-corrected chi connectivity index (χ1v) is 10.2. The van der Waals surface area contributed by atoms with Gasteiger partial charge in [-0.05, 0) is 35.6 Å². The van der Waals surface area contributed by atoms with E-state index in [1.165, 1.54) is 11.8 Å². The molecule has 0 unspecified atom stereocenters. The van der Waals surface area contributed by atoms with E-state index in [4.69, 9.17) is 21.9 Å². The van der Waals surface area contributed by atoms with Gasteiger partial charge in [-0.3, -0.25) is 15.0 Å². The van der Waals surface area contributed by atoms with Gasteiger partial charge in [-0.25, -0.2) is 10.5 Å². The Hall–Kier alpha value is -3.32. The highest BCUT2D eigenvalue weighted by Gasteiger charge is 2.20. The molecule has 156 valence electrons. The number of carbonyl (C=O) groups excluding carboxylic acids is 1. The maximum atomic E-state index is 12.2. The molecule has 0 aliphatic heterocycles. The topological polar surface area (TPSA) is 95.3 Å². The van der Waals surface area contributed by atoms with Crippen LogP contribution in [0, 0.1) is 0 Å². The third-order valence-electron chi connectivity index (χ3n) is 5.12. The second-order valence-electron chi connectivity index (χ2n) is 7.08. The van der Waals surface area contributed by atoms with Gasteiger partial charge in [0.15, 0.2) is 0 Å². The minimum absolute atomic E-state index is 0.125. The van der Waals surface area contributed by atoms with Gasteiger partial charge in [-0.1, -0.05) is 60.1 Å². The molecule has 2 aromatic carbocycles. The van der Waals surface area contributed by atoms with Crippen LogP contribution in [0.3, 0.4) is 0 Å². The summed E-state index contributed by atoms with van der Waals surface area (Å²) in [4.78, 5) is 20.9. The highest BCUT2D eigenvalue weighted by Crippen LogP contribution is 2.34. The molecule has 2 aromatic heterocycles. The second-order valence-corrected chi connectivity index (χ2v) is 7.46. The Balaban J connectivity index is 1.71. The maximum Gasteiger partial charge on any atom is 0.276 e. The van der Waals surface area contributed by atoms with E-state index >= 15 is 0 Å². The van der Waals surface area contributed by atoms with Gasteiger partial charge in [-0.15, -0.1) is 0 Å². The number of hydroxylamine groups is 1. The van der Waals surface area contributed by atoms with Gasteiger partial charge in [0.05, 0.1) is 21.8 Å². The summed E-state index contributed by atoms with van der Waals surface area (Å²) in [7, 11) is 0. The number of carbonyl (C=O) groups is 1. The molecule has 3 N–H and O–H groups in total. The van der Waals surface area contributed by atoms with Crippen molar-refractivity contribution in [3.8, 4) is 22.4 Å². The van der Waals surface area contributed by atoms with Crippen LogP contribution in [0.1, 0.15) is 22.3 Å². The highest BCUT2D eigenvalue weighted by molar-refractivity contribution is 6.37. The van der Waals surface area contributed by atoms with Gasteiger partial charge < -0.3 is 5.11 Å². The van der Waals surface area contributed by atoms with E-state index in [-0.39, 0.29) is 17.2 Å². The van der Waals surface area contributed by atoms with Crippen LogP contribution >= 0.6 is 11.6 Å². The standard InChI is InChI=1S/C24H20ClN3O3/c25-22-21(24(30)28-31)19-14-26-12-11-20(19)27-23(22)18-9-7-17(8-10-18)16-5-3-15(4-6-16)2-1-13-29/h3-12,14,29,31H,1-2,13H2,(H,28,30). The van der Waals surface area contributed by atoms with Crippen LogP contribution in [-0.2, 0) is 6.42 Å². The molecule has 0 spiro atoms. The first kappa shape index (κ1) is 20.9. The molecule has 0 saturated carbocycles. The molecule has 6 nitrogen and oxygen atoms in total. The summed E-state index contributed by atoms with van der Waals surface area (Å²) in [6, 6.07) is 17.7. The van der Waals surface area contributed by atoms with Gasteiger partial charge in [0, 0.05) is 30.0 Å². The lowest BCUT2D eigenvalue weighted by Gasteiger charge is -2.12. The minimum Gasteiger partial charge on any atom is -0.396 e. The lowest BCUT2D eigenvalue weighted by Crippen LogP contribution is -2.20. The molecule has 0 atom stereocenters. The summed E-state index contributed by atoms with van der Waals surface area (Å²) in [5, 5.41) is 18.7. The van der Waals surface area contributed by atoms with E-state index in [0.29, 0.717) is 16.6 Å². The zero-order chi connectivity index (χ0) is 21.8. The summed E-state index contributed by atoms with van der Waals surface area (Å²) in [5.74, 6) is -0.718. The van der Waals surface area contributed by atoms with Crippen molar-refractivity contribution >= 4 is 28.4 Å². The van der Waals surface area contributed by atoms with E-state index in [9.17, 15) is 4.79 Å². The Kier molecular flexibility index (Phi) is 6.23. The van der Waals surface area contributed by atoms with Gasteiger partial charge >= 0.3 is 0 Å². The Morgan fingerprint density at radius 3 is 2.26 bits per heavy atom. The number of aromatic nitrogens is 2. The largest absolute Gasteiger partial charge is 0.396 e. The number of nitrogens with one attached hydrogen (secondary N) is 1. The van der Waals surface area contributed by atoms with E-state index in [1.54, 1.807) is 17.7 Å². The number of aliphatic hydroxyl groups is 1. The lowest BCUT2D eigenvalue weighted by molar-refractivity contribution is 0.0708. The predicted octanol–water partition coefficient (Wildman–Crippen LogP) is 4.66. The zero-order valence-electron chi connectivity index (χ0n) is 16.5. The fourth-order valence-electron chi connectivity index (χ4n) is 3.52. The van der Waals surface area contributed by atoms with Gasteiger partial charge in [0.1, 0.15) is 0 Å². The third kappa shape index (κ3) is 4.27. The molecular formula is C24H20ClN3O3. The number of aliphatic hydroxyl groups excluding tert-OH is 1. The number of rotatable bonds is 6. The third-order valence-corrected chi connectivity index (χ3v) is 5.49. The second kappa shape index (κ2) is 9.22. The molecule has 31 heavy (non-hydrogen) atoms. The predicted molar refractivity (Wildman–Crippen MR) is 120 cm³/mol. The fourth-order valence-corrected chi connectivity index (χ4v) is 3.86. The van der Waals surface area contributed by atoms with E-state index in [1.807, 2.05) is 24.3 Å². The molecule has 0 saturated heterocycles. The summed E-state index contributed by atoms with van der Waals surface area (Å²) < 4.78 is 0. The number of pyridine rings is 2. The minimum atomic E-state index is -0.718. The Bertz CT molecular complexity index is 1230. The monoisotopic (exact) mass is 433 g/mol. The van der Waals surface area contributed by atoms with Gasteiger partial charge in [-0.2, -0.15) is 0 Å². The molecule has 0 aliphatic rings. The number of halogens is 1. The van der Waals surface area contributed by atoms with Crippen molar-refractivity contribution in [1.29, 1.82) is 0 Å². The molecule has 2 heterocycles. The number of aryl methyl sites for hydroxylation is 1. The van der Waals surface area contributed by atoms with Crippen LogP contribution in [0.2, 0.25) is 5.02 Å². The molecule has 0 bridgehead atoms. The molecular weight excluding hydrogens is 414 g/mol. The van der Waals surface area contributed by atoms with Crippen molar-refractivity contribution in [3.63, 3.8) is 0 Å². The van der Waals surface area contributed by atoms with Crippen molar-refractivity contribution in [2.75, 3.05) is 6.61 Å². The molecule has 4 rings (SSSR count). The van der Waals surface area contributed by atoms with E-state index in [2.05, 4.69) is 34.2 Å². The Labute approximate surface area is 184 Å². The van der Waals surface area contributed by atoms with Crippen LogP contribution in [0.15, 0.2) is 67.0 Å². The van der Waals surface area contributed by atoms with Crippen molar-refractivity contribution < 1.29 is 15.1 Å². The van der Waals surface area contributed by atoms with Crippen molar-refractivity contribution in [1.82, 2.24) is 15.4 Å². The van der Waals surface area contributed by atoms with Crippen LogP contribution in [0.4, 0.5) is 0 Å². The Morgan fingerprint density at radius 1 is 0.968 bits per heavy atom. The summed E-state index contributed by atoms with van der Waals surface area (Å²) in [6.45, 7) is 0.187. The maximum absolute atomic E-state index is 12.2. The summed E-state index contributed by atoms with van der Waals surface area (Å²) >= 11 is 6.53. The zero-order valence-corrected chi connectivity index (χ0v) is 17.3. The van der Waals surface area contributed by atoms with Crippen LogP contribution in [0.25, 0.3) is 33.3 Å². The first-order chi connectivity index (χ1) is 15.1. The Morgan fingerprint density at radius 2 is 1.61 bits per heavy atom. The normalized spacial score (nSPS) is 10.9. The number of hydrogen-bond acceptors (Lipinski definition) is 5. The molecule has 7 heteroatoms. The molecule has 0 aliphatic carbocycles. The van der Waals surface area contributed by atoms with Gasteiger partial charge in [0.25, 0.3) is 5.91 Å². The molecule has 4 aromatic rings. The van der Waals surface area contributed by atoms with E-state index < -0.39 is 5.91 Å². The average Bonchev–Trinajstić information content (AvgIpc) is 2.82. The highest BCUT2D eigenvalue weighted by atomic mass is 35.5. The number of fused-ring (bicyclic) bond motifs is 1. The summed E-state index contributed by atoms with van der Waals surface area (Å²) in [6.07, 6.45) is 4.68. The molecule has 0 fully saturated rings. The first-order valence-electron chi connectivity index (χ1n) is 9.80. The van der Waals surface area contributed by atoms with Crippen molar-refractivity contribution in [3.05, 3.63) is 83.1 Å². The van der Waals surface area contributed by atoms with E-state index in [0.717, 1.165) is 29.5 Å². The van der Waals surface area contributed by atoms with Crippen LogP contribution < -0.4 is 5.48 Å². The van der Waals surface area contributed by atoms with Crippen molar-refractivity contribution in [2.45, 2.75) is 12.8 Å². The molecule has 0 radical (unpaired) electrons.